The van der Waals surface area contributed by atoms with Crippen molar-refractivity contribution < 1.29 is 19.1 Å². The molecule has 1 heterocycles. The predicted molar refractivity (Wildman–Crippen MR) is 103 cm³/mol. The largest absolute Gasteiger partial charge is 0.497 e. The number of nitrogens with zero attached hydrogens (tertiary/aromatic N) is 1. The third kappa shape index (κ3) is 4.96. The van der Waals surface area contributed by atoms with Gasteiger partial charge in [0.25, 0.3) is 5.91 Å². The van der Waals surface area contributed by atoms with Gasteiger partial charge < -0.3 is 14.8 Å². The number of hydrogen-bond acceptors (Lipinski definition) is 7. The molecule has 0 unspecified atom stereocenters. The molecule has 0 aliphatic carbocycles. The van der Waals surface area contributed by atoms with E-state index in [2.05, 4.69) is 10.3 Å². The Labute approximate surface area is 158 Å². The molecule has 0 aliphatic heterocycles. The van der Waals surface area contributed by atoms with Crippen molar-refractivity contribution in [1.29, 1.82) is 0 Å². The molecule has 0 bridgehead atoms. The lowest BCUT2D eigenvalue weighted by atomic mass is 10.3. The van der Waals surface area contributed by atoms with Gasteiger partial charge in [-0.1, -0.05) is 30.0 Å². The van der Waals surface area contributed by atoms with Crippen molar-refractivity contribution in [2.75, 3.05) is 24.8 Å². The van der Waals surface area contributed by atoms with Crippen LogP contribution in [-0.4, -0.2) is 36.3 Å². The summed E-state index contributed by atoms with van der Waals surface area (Å²) in [5, 5.41) is 2.65. The monoisotopic (exact) mass is 388 g/mol. The molecular weight excluding hydrogens is 372 g/mol. The van der Waals surface area contributed by atoms with Gasteiger partial charge in [0.2, 0.25) is 0 Å². The number of rotatable bonds is 7. The number of fused-ring (bicyclic) bond motifs is 1. The molecule has 26 heavy (non-hydrogen) atoms. The number of nitrogens with one attached hydrogen (secondary N) is 1. The lowest BCUT2D eigenvalue weighted by molar-refractivity contribution is -0.144. The fourth-order valence-electron chi connectivity index (χ4n) is 2.12. The van der Waals surface area contributed by atoms with E-state index in [1.807, 2.05) is 24.3 Å². The highest BCUT2D eigenvalue weighted by Gasteiger charge is 2.11. The molecule has 0 atom stereocenters. The van der Waals surface area contributed by atoms with E-state index in [1.54, 1.807) is 31.4 Å². The van der Waals surface area contributed by atoms with E-state index in [9.17, 15) is 9.59 Å². The Kier molecular flexibility index (Phi) is 6.08. The van der Waals surface area contributed by atoms with E-state index < -0.39 is 11.9 Å². The summed E-state index contributed by atoms with van der Waals surface area (Å²) < 4.78 is 12.0. The number of esters is 1. The lowest BCUT2D eigenvalue weighted by Crippen LogP contribution is -2.21. The van der Waals surface area contributed by atoms with Crippen LogP contribution in [0.4, 0.5) is 5.69 Å². The molecular formula is C18H16N2O4S2. The van der Waals surface area contributed by atoms with Crippen molar-refractivity contribution >= 4 is 50.9 Å². The summed E-state index contributed by atoms with van der Waals surface area (Å²) in [5.41, 5.74) is 1.49. The van der Waals surface area contributed by atoms with Crippen LogP contribution in [0.3, 0.4) is 0 Å². The molecule has 8 heteroatoms. The van der Waals surface area contributed by atoms with E-state index >= 15 is 0 Å². The van der Waals surface area contributed by atoms with Crippen LogP contribution in [0.15, 0.2) is 52.9 Å². The number of amides is 1. The van der Waals surface area contributed by atoms with Gasteiger partial charge in [-0.3, -0.25) is 9.59 Å². The SMILES string of the molecule is COc1cccc(NC(=O)COC(=O)CSc2nc3ccccc3s2)c1. The van der Waals surface area contributed by atoms with Crippen molar-refractivity contribution in [3.63, 3.8) is 0 Å². The number of thiazole rings is 1. The Morgan fingerprint density at radius 1 is 1.19 bits per heavy atom. The number of anilines is 1. The first-order valence-electron chi connectivity index (χ1n) is 7.72. The molecule has 0 radical (unpaired) electrons. The summed E-state index contributed by atoms with van der Waals surface area (Å²) >= 11 is 2.82. The van der Waals surface area contributed by atoms with Gasteiger partial charge in [0.15, 0.2) is 10.9 Å². The highest BCUT2D eigenvalue weighted by Crippen LogP contribution is 2.29. The Balaban J connectivity index is 1.43. The van der Waals surface area contributed by atoms with Crippen LogP contribution < -0.4 is 10.1 Å². The molecule has 3 aromatic rings. The molecule has 134 valence electrons. The van der Waals surface area contributed by atoms with E-state index in [-0.39, 0.29) is 12.4 Å². The van der Waals surface area contributed by atoms with Crippen molar-refractivity contribution in [2.24, 2.45) is 0 Å². The van der Waals surface area contributed by atoms with Crippen LogP contribution in [0, 0.1) is 0 Å². The molecule has 3 rings (SSSR count). The number of aromatic nitrogens is 1. The van der Waals surface area contributed by atoms with Crippen molar-refractivity contribution in [3.8, 4) is 5.75 Å². The Bertz CT molecular complexity index is 893. The van der Waals surface area contributed by atoms with Gasteiger partial charge in [-0.15, -0.1) is 11.3 Å². The van der Waals surface area contributed by atoms with Gasteiger partial charge in [0.05, 0.1) is 23.1 Å². The predicted octanol–water partition coefficient (Wildman–Crippen LogP) is 3.58. The first-order chi connectivity index (χ1) is 12.6. The smallest absolute Gasteiger partial charge is 0.316 e. The minimum absolute atomic E-state index is 0.103. The standard InChI is InChI=1S/C18H16N2O4S2/c1-23-13-6-4-5-12(9-13)19-16(21)10-24-17(22)11-25-18-20-14-7-2-3-8-15(14)26-18/h2-9H,10-11H2,1H3,(H,19,21). The van der Waals surface area contributed by atoms with Gasteiger partial charge in [-0.25, -0.2) is 4.98 Å². The van der Waals surface area contributed by atoms with Gasteiger partial charge in [0.1, 0.15) is 5.75 Å². The summed E-state index contributed by atoms with van der Waals surface area (Å²) in [4.78, 5) is 28.1. The maximum Gasteiger partial charge on any atom is 0.316 e. The Hall–Kier alpha value is -2.58. The summed E-state index contributed by atoms with van der Waals surface area (Å²) in [6.45, 7) is -0.337. The van der Waals surface area contributed by atoms with Gasteiger partial charge in [-0.05, 0) is 24.3 Å². The minimum atomic E-state index is -0.463. The van der Waals surface area contributed by atoms with E-state index in [0.717, 1.165) is 14.6 Å². The van der Waals surface area contributed by atoms with Gasteiger partial charge >= 0.3 is 5.97 Å². The molecule has 1 aromatic heterocycles. The molecule has 0 fully saturated rings. The van der Waals surface area contributed by atoms with Crippen LogP contribution in [0.5, 0.6) is 5.75 Å². The number of ether oxygens (including phenoxy) is 2. The number of hydrogen-bond donors (Lipinski definition) is 1. The highest BCUT2D eigenvalue weighted by atomic mass is 32.2. The fraction of sp³-hybridized carbons (Fsp3) is 0.167. The van der Waals surface area contributed by atoms with Crippen LogP contribution in [0.2, 0.25) is 0 Å². The first-order valence-corrected chi connectivity index (χ1v) is 9.52. The second-order valence-corrected chi connectivity index (χ2v) is 7.43. The minimum Gasteiger partial charge on any atom is -0.497 e. The van der Waals surface area contributed by atoms with E-state index in [4.69, 9.17) is 9.47 Å². The zero-order chi connectivity index (χ0) is 18.4. The summed E-state index contributed by atoms with van der Waals surface area (Å²) in [7, 11) is 1.55. The van der Waals surface area contributed by atoms with Crippen LogP contribution in [0.1, 0.15) is 0 Å². The third-order valence-electron chi connectivity index (χ3n) is 3.31. The van der Waals surface area contributed by atoms with E-state index in [1.165, 1.54) is 23.1 Å². The molecule has 2 aromatic carbocycles. The number of methoxy groups -OCH3 is 1. The van der Waals surface area contributed by atoms with E-state index in [0.29, 0.717) is 11.4 Å². The van der Waals surface area contributed by atoms with Crippen LogP contribution >= 0.6 is 23.1 Å². The molecule has 1 amide bonds. The van der Waals surface area contributed by atoms with Crippen LogP contribution in [0.25, 0.3) is 10.2 Å². The first kappa shape index (κ1) is 18.2. The number of para-hydroxylation sites is 1. The Morgan fingerprint density at radius 2 is 2.04 bits per heavy atom. The number of carbonyl (C=O) groups is 2. The average molecular weight is 388 g/mol. The molecule has 0 spiro atoms. The normalized spacial score (nSPS) is 10.5. The maximum absolute atomic E-state index is 11.9. The summed E-state index contributed by atoms with van der Waals surface area (Å²) in [6, 6.07) is 14.7. The fourth-order valence-corrected chi connectivity index (χ4v) is 3.99. The van der Waals surface area contributed by atoms with Crippen molar-refractivity contribution in [1.82, 2.24) is 4.98 Å². The van der Waals surface area contributed by atoms with Gasteiger partial charge in [0, 0.05) is 11.8 Å². The van der Waals surface area contributed by atoms with Crippen molar-refractivity contribution in [2.45, 2.75) is 4.34 Å². The second-order valence-electron chi connectivity index (χ2n) is 5.18. The molecule has 0 aliphatic rings. The summed E-state index contributed by atoms with van der Waals surface area (Å²) in [6.07, 6.45) is 0. The molecule has 0 saturated heterocycles. The quantitative estimate of drug-likeness (QED) is 0.492. The molecule has 0 saturated carbocycles. The summed E-state index contributed by atoms with van der Waals surface area (Å²) in [5.74, 6) is -0.134. The maximum atomic E-state index is 11.9. The zero-order valence-corrected chi connectivity index (χ0v) is 15.6. The second kappa shape index (κ2) is 8.68. The number of thioether (sulfide) groups is 1. The van der Waals surface area contributed by atoms with Crippen molar-refractivity contribution in [3.05, 3.63) is 48.5 Å². The average Bonchev–Trinajstić information content (AvgIpc) is 3.08. The Morgan fingerprint density at radius 3 is 2.85 bits per heavy atom. The highest BCUT2D eigenvalue weighted by molar-refractivity contribution is 8.01. The molecule has 6 nitrogen and oxygen atoms in total. The third-order valence-corrected chi connectivity index (χ3v) is 5.46. The number of benzene rings is 2. The number of carbonyl (C=O) groups excluding carboxylic acids is 2. The van der Waals surface area contributed by atoms with Crippen LogP contribution in [-0.2, 0) is 14.3 Å². The topological polar surface area (TPSA) is 77.5 Å². The lowest BCUT2D eigenvalue weighted by Gasteiger charge is -2.07. The van der Waals surface area contributed by atoms with Gasteiger partial charge in [-0.2, -0.15) is 0 Å². The molecule has 1 N–H and O–H groups in total. The zero-order valence-electron chi connectivity index (χ0n) is 13.9.